The molecule has 1 aromatic rings. The molecule has 31 heavy (non-hydrogen) atoms. The lowest BCUT2D eigenvalue weighted by Gasteiger charge is -2.35. The number of hydrogen-bond donors (Lipinski definition) is 1. The number of nitrogens with one attached hydrogen (secondary N) is 1. The van der Waals surface area contributed by atoms with Crippen LogP contribution in [0.3, 0.4) is 0 Å². The van der Waals surface area contributed by atoms with Crippen LogP contribution in [0.4, 0.5) is 13.2 Å². The van der Waals surface area contributed by atoms with Crippen molar-refractivity contribution in [3.8, 4) is 0 Å². The first-order valence-electron chi connectivity index (χ1n) is 9.22. The van der Waals surface area contributed by atoms with Crippen molar-refractivity contribution in [3.05, 3.63) is 29.8 Å². The Hall–Kier alpha value is -2.67. The van der Waals surface area contributed by atoms with Crippen molar-refractivity contribution in [1.29, 1.82) is 0 Å². The van der Waals surface area contributed by atoms with Crippen LogP contribution in [0.15, 0.2) is 29.2 Å². The van der Waals surface area contributed by atoms with E-state index in [2.05, 4.69) is 0 Å². The van der Waals surface area contributed by atoms with Crippen molar-refractivity contribution < 1.29 is 40.7 Å². The molecular weight excluding hydrogens is 443 g/mol. The van der Waals surface area contributed by atoms with Crippen LogP contribution in [0.2, 0.25) is 0 Å². The van der Waals surface area contributed by atoms with E-state index in [9.17, 15) is 36.0 Å². The van der Waals surface area contributed by atoms with Crippen LogP contribution in [-0.4, -0.2) is 74.8 Å². The number of benzene rings is 1. The Morgan fingerprint density at radius 1 is 1.13 bits per heavy atom. The zero-order valence-corrected chi connectivity index (χ0v) is 17.6. The van der Waals surface area contributed by atoms with Crippen LogP contribution in [-0.2, 0) is 35.3 Å². The number of halogens is 3. The Morgan fingerprint density at radius 3 is 2.26 bits per heavy atom. The van der Waals surface area contributed by atoms with Crippen molar-refractivity contribution in [2.45, 2.75) is 31.0 Å². The minimum Gasteiger partial charge on any atom is -0.452 e. The number of piperazine rings is 1. The average Bonchev–Trinajstić information content (AvgIpc) is 2.71. The Balaban J connectivity index is 1.89. The number of alkyl halides is 3. The second-order valence-electron chi connectivity index (χ2n) is 6.81. The largest absolute Gasteiger partial charge is 0.452 e. The molecule has 1 unspecified atom stereocenters. The maximum atomic E-state index is 12.8. The summed E-state index contributed by atoms with van der Waals surface area (Å²) in [5, 5.41) is 0. The van der Waals surface area contributed by atoms with Crippen LogP contribution < -0.4 is 4.72 Å². The number of carbonyl (C=O) groups excluding carboxylic acids is 3. The first kappa shape index (κ1) is 24.6. The summed E-state index contributed by atoms with van der Waals surface area (Å²) < 4.78 is 69.4. The van der Waals surface area contributed by atoms with Crippen LogP contribution >= 0.6 is 0 Å². The first-order valence-corrected chi connectivity index (χ1v) is 10.7. The van der Waals surface area contributed by atoms with Gasteiger partial charge in [0.2, 0.25) is 15.9 Å². The van der Waals surface area contributed by atoms with Gasteiger partial charge in [-0.1, -0.05) is 6.07 Å². The van der Waals surface area contributed by atoms with Crippen LogP contribution in [0, 0.1) is 0 Å². The van der Waals surface area contributed by atoms with Gasteiger partial charge in [0, 0.05) is 33.1 Å². The summed E-state index contributed by atoms with van der Waals surface area (Å²) in [6, 6.07) is 3.05. The van der Waals surface area contributed by atoms with Crippen molar-refractivity contribution in [2.24, 2.45) is 0 Å². The number of sulfonamides is 1. The predicted octanol–water partition coefficient (Wildman–Crippen LogP) is 0.606. The number of nitrogens with zero attached hydrogens (tertiary/aromatic N) is 2. The lowest BCUT2D eigenvalue weighted by Crippen LogP contribution is -2.52. The van der Waals surface area contributed by atoms with Crippen LogP contribution in [0.5, 0.6) is 0 Å². The molecule has 1 atom stereocenters. The fourth-order valence-electron chi connectivity index (χ4n) is 2.86. The highest BCUT2D eigenvalue weighted by Gasteiger charge is 2.32. The van der Waals surface area contributed by atoms with Gasteiger partial charge in [-0.2, -0.15) is 17.9 Å². The summed E-state index contributed by atoms with van der Waals surface area (Å²) >= 11 is 0. The van der Waals surface area contributed by atoms with Gasteiger partial charge in [-0.3, -0.25) is 14.4 Å². The molecule has 0 bridgehead atoms. The highest BCUT2D eigenvalue weighted by atomic mass is 32.2. The van der Waals surface area contributed by atoms with E-state index in [1.54, 1.807) is 4.90 Å². The fourth-order valence-corrected chi connectivity index (χ4v) is 3.88. The van der Waals surface area contributed by atoms with Gasteiger partial charge in [0.1, 0.15) is 6.54 Å². The molecule has 0 saturated carbocycles. The van der Waals surface area contributed by atoms with Crippen molar-refractivity contribution >= 4 is 27.8 Å². The topological polar surface area (TPSA) is 113 Å². The van der Waals surface area contributed by atoms with E-state index >= 15 is 0 Å². The fraction of sp³-hybridized carbons (Fsp3) is 0.500. The Labute approximate surface area is 177 Å². The smallest absolute Gasteiger partial charge is 0.416 e. The van der Waals surface area contributed by atoms with Gasteiger partial charge in [-0.25, -0.2) is 8.42 Å². The predicted molar refractivity (Wildman–Crippen MR) is 101 cm³/mol. The molecule has 0 radical (unpaired) electrons. The number of carbonyl (C=O) groups is 3. The standard InChI is InChI=1S/C18H22F3N3O6S/c1-12(17(27)24-8-6-23(7-9-24)13(2)25)30-16(26)11-22-31(28,29)15-5-3-4-14(10-15)18(19,20)21/h3-5,10,12,22H,6-9,11H2,1-2H3. The van der Waals surface area contributed by atoms with Gasteiger partial charge in [-0.15, -0.1) is 0 Å². The molecule has 1 aliphatic heterocycles. The molecule has 0 spiro atoms. The molecule has 1 aromatic carbocycles. The summed E-state index contributed by atoms with van der Waals surface area (Å²) in [6.45, 7) is 3.09. The summed E-state index contributed by atoms with van der Waals surface area (Å²) in [7, 11) is -4.41. The molecule has 0 aromatic heterocycles. The second-order valence-corrected chi connectivity index (χ2v) is 8.58. The maximum absolute atomic E-state index is 12.8. The highest BCUT2D eigenvalue weighted by Crippen LogP contribution is 2.30. The first-order chi connectivity index (χ1) is 14.3. The van der Waals surface area contributed by atoms with E-state index in [0.29, 0.717) is 19.2 Å². The molecule has 9 nitrogen and oxygen atoms in total. The van der Waals surface area contributed by atoms with Crippen LogP contribution in [0.25, 0.3) is 0 Å². The quantitative estimate of drug-likeness (QED) is 0.616. The third kappa shape index (κ3) is 6.66. The molecular formula is C18H22F3N3O6S. The van der Waals surface area contributed by atoms with Gasteiger partial charge in [0.15, 0.2) is 6.10 Å². The zero-order chi connectivity index (χ0) is 23.4. The number of hydrogen-bond acceptors (Lipinski definition) is 6. The van der Waals surface area contributed by atoms with Crippen molar-refractivity contribution in [3.63, 3.8) is 0 Å². The number of esters is 1. The lowest BCUT2D eigenvalue weighted by molar-refractivity contribution is -0.159. The molecule has 1 saturated heterocycles. The highest BCUT2D eigenvalue weighted by molar-refractivity contribution is 7.89. The van der Waals surface area contributed by atoms with E-state index in [1.165, 1.54) is 18.7 Å². The molecule has 172 valence electrons. The monoisotopic (exact) mass is 465 g/mol. The van der Waals surface area contributed by atoms with Crippen molar-refractivity contribution in [1.82, 2.24) is 14.5 Å². The maximum Gasteiger partial charge on any atom is 0.416 e. The van der Waals surface area contributed by atoms with Gasteiger partial charge >= 0.3 is 12.1 Å². The molecule has 2 rings (SSSR count). The SMILES string of the molecule is CC(=O)N1CCN(C(=O)C(C)OC(=O)CNS(=O)(=O)c2cccc(C(F)(F)F)c2)CC1. The Morgan fingerprint density at radius 2 is 1.71 bits per heavy atom. The van der Waals surface area contributed by atoms with Crippen molar-refractivity contribution in [2.75, 3.05) is 32.7 Å². The molecule has 13 heteroatoms. The molecule has 1 aliphatic rings. The average molecular weight is 465 g/mol. The second kappa shape index (κ2) is 9.64. The van der Waals surface area contributed by atoms with E-state index < -0.39 is 51.2 Å². The zero-order valence-electron chi connectivity index (χ0n) is 16.8. The Kier molecular flexibility index (Phi) is 7.65. The van der Waals surface area contributed by atoms with Gasteiger partial charge in [0.25, 0.3) is 5.91 Å². The van der Waals surface area contributed by atoms with Gasteiger partial charge in [0.05, 0.1) is 10.5 Å². The number of amides is 2. The molecule has 2 amide bonds. The summed E-state index contributed by atoms with van der Waals surface area (Å²) in [4.78, 5) is 37.9. The van der Waals surface area contributed by atoms with E-state index in [0.717, 1.165) is 18.2 Å². The number of rotatable bonds is 6. The van der Waals surface area contributed by atoms with Gasteiger partial charge < -0.3 is 14.5 Å². The van der Waals surface area contributed by atoms with E-state index in [1.807, 2.05) is 4.72 Å². The summed E-state index contributed by atoms with van der Waals surface area (Å²) in [5.74, 6) is -1.68. The number of ether oxygens (including phenoxy) is 1. The Bertz CT molecular complexity index is 943. The lowest BCUT2D eigenvalue weighted by atomic mass is 10.2. The summed E-state index contributed by atoms with van der Waals surface area (Å²) in [6.07, 6.45) is -5.93. The third-order valence-corrected chi connectivity index (χ3v) is 5.97. The van der Waals surface area contributed by atoms with E-state index in [-0.39, 0.29) is 19.0 Å². The minimum atomic E-state index is -4.73. The summed E-state index contributed by atoms with van der Waals surface area (Å²) in [5.41, 5.74) is -1.15. The minimum absolute atomic E-state index is 0.111. The van der Waals surface area contributed by atoms with Gasteiger partial charge in [-0.05, 0) is 25.1 Å². The van der Waals surface area contributed by atoms with E-state index in [4.69, 9.17) is 4.74 Å². The third-order valence-electron chi connectivity index (χ3n) is 4.57. The normalized spacial score (nSPS) is 16.0. The molecule has 1 N–H and O–H groups in total. The molecule has 1 heterocycles. The molecule has 0 aliphatic carbocycles. The molecule has 1 fully saturated rings. The van der Waals surface area contributed by atoms with Crippen LogP contribution in [0.1, 0.15) is 19.4 Å².